The minimum atomic E-state index is 0.0675. The summed E-state index contributed by atoms with van der Waals surface area (Å²) in [6.45, 7) is 8.32. The third kappa shape index (κ3) is 7.78. The number of nitrogens with two attached hydrogens (primary N) is 2. The van der Waals surface area contributed by atoms with Gasteiger partial charge in [-0.3, -0.25) is 9.59 Å². The Hall–Kier alpha value is -5.32. The van der Waals surface area contributed by atoms with Crippen molar-refractivity contribution in [3.63, 3.8) is 0 Å². The molecular weight excluding hydrogens is 685 g/mol. The van der Waals surface area contributed by atoms with Gasteiger partial charge in [0.1, 0.15) is 0 Å². The van der Waals surface area contributed by atoms with E-state index < -0.39 is 0 Å². The molecule has 0 fully saturated rings. The molecule has 0 unspecified atom stereocenters. The number of carbonyl (C=O) groups is 2. The van der Waals surface area contributed by atoms with E-state index in [2.05, 4.69) is 68.0 Å². The van der Waals surface area contributed by atoms with Crippen molar-refractivity contribution in [3.8, 4) is 0 Å². The summed E-state index contributed by atoms with van der Waals surface area (Å²) in [7, 11) is 0. The Balaban J connectivity index is 1.30. The summed E-state index contributed by atoms with van der Waals surface area (Å²) in [5.41, 5.74) is 26.5. The van der Waals surface area contributed by atoms with Crippen molar-refractivity contribution < 1.29 is 9.59 Å². The van der Waals surface area contributed by atoms with Gasteiger partial charge < -0.3 is 21.4 Å². The van der Waals surface area contributed by atoms with Crippen LogP contribution in [-0.2, 0) is 9.59 Å². The lowest BCUT2D eigenvalue weighted by Gasteiger charge is -2.07. The second-order valence-corrected chi connectivity index (χ2v) is 15.5. The zero-order chi connectivity index (χ0) is 36.5. The number of aromatic nitrogens is 4. The zero-order valence-electron chi connectivity index (χ0n) is 29.6. The molecule has 0 atom stereocenters. The predicted octanol–water partition coefficient (Wildman–Crippen LogP) is 10.2. The van der Waals surface area contributed by atoms with E-state index in [1.54, 1.807) is 24.3 Å². The molecule has 2 aliphatic rings. The van der Waals surface area contributed by atoms with Crippen LogP contribution in [0.15, 0.2) is 94.7 Å². The van der Waals surface area contributed by atoms with Gasteiger partial charge in [0, 0.05) is 56.1 Å². The third-order valence-corrected chi connectivity index (χ3v) is 11.3. The molecule has 5 heterocycles. The molecule has 262 valence electrons. The average Bonchev–Trinajstić information content (AvgIpc) is 3.81. The molecular formula is C42H40N6O2S2. The Morgan fingerprint density at radius 1 is 0.558 bits per heavy atom. The second-order valence-electron chi connectivity index (χ2n) is 13.3. The van der Waals surface area contributed by atoms with Crippen LogP contribution in [0.1, 0.15) is 73.4 Å². The van der Waals surface area contributed by atoms with Crippen molar-refractivity contribution >= 4 is 89.5 Å². The van der Waals surface area contributed by atoms with E-state index in [-0.39, 0.29) is 10.2 Å². The molecule has 2 aromatic carbocycles. The van der Waals surface area contributed by atoms with Gasteiger partial charge in [-0.2, -0.15) is 0 Å². The van der Waals surface area contributed by atoms with E-state index in [9.17, 15) is 9.59 Å². The number of anilines is 2. The highest BCUT2D eigenvalue weighted by atomic mass is 32.2. The van der Waals surface area contributed by atoms with Crippen LogP contribution < -0.4 is 11.5 Å². The highest BCUT2D eigenvalue weighted by molar-refractivity contribution is 8.13. The molecule has 7 rings (SSSR count). The maximum absolute atomic E-state index is 13.2. The molecule has 0 saturated carbocycles. The highest BCUT2D eigenvalue weighted by Crippen LogP contribution is 2.38. The number of allylic oxidation sites excluding steroid dienone is 4. The minimum absolute atomic E-state index is 0.0675. The average molecular weight is 725 g/mol. The van der Waals surface area contributed by atoms with Crippen LogP contribution in [0.5, 0.6) is 0 Å². The number of aryl methyl sites for hydroxylation is 2. The minimum Gasteiger partial charge on any atom is -0.399 e. The van der Waals surface area contributed by atoms with Crippen molar-refractivity contribution in [3.05, 3.63) is 119 Å². The largest absolute Gasteiger partial charge is 0.399 e. The summed E-state index contributed by atoms with van der Waals surface area (Å²) in [6, 6.07) is 27.3. The summed E-state index contributed by atoms with van der Waals surface area (Å²) in [6.07, 6.45) is 1.73. The molecule has 5 aromatic rings. The van der Waals surface area contributed by atoms with Crippen LogP contribution in [0.3, 0.4) is 0 Å². The van der Waals surface area contributed by atoms with Crippen molar-refractivity contribution in [2.45, 2.75) is 63.2 Å². The number of fused-ring (bicyclic) bond motifs is 8. The van der Waals surface area contributed by atoms with Crippen molar-refractivity contribution in [2.24, 2.45) is 0 Å². The van der Waals surface area contributed by atoms with Gasteiger partial charge >= 0.3 is 0 Å². The Kier molecular flexibility index (Phi) is 9.94. The summed E-state index contributed by atoms with van der Waals surface area (Å²) in [4.78, 5) is 45.6. The van der Waals surface area contributed by atoms with Crippen LogP contribution in [0.2, 0.25) is 0 Å². The number of H-pyrrole nitrogens is 2. The molecule has 0 amide bonds. The Bertz CT molecular complexity index is 2460. The first-order valence-corrected chi connectivity index (χ1v) is 18.9. The number of nitrogens with zero attached hydrogens (tertiary/aromatic N) is 2. The zero-order valence-corrected chi connectivity index (χ0v) is 31.2. The third-order valence-electron chi connectivity index (χ3n) is 9.45. The van der Waals surface area contributed by atoms with Gasteiger partial charge in [0.05, 0.1) is 22.8 Å². The first-order chi connectivity index (χ1) is 25.0. The Morgan fingerprint density at radius 2 is 0.981 bits per heavy atom. The van der Waals surface area contributed by atoms with Gasteiger partial charge in [0.25, 0.3) is 0 Å². The fourth-order valence-electron chi connectivity index (χ4n) is 6.52. The quantitative estimate of drug-likeness (QED) is 0.0915. The molecule has 2 aliphatic heterocycles. The molecule has 3 aromatic heterocycles. The SMILES string of the molecule is CC1=C(CCC(=O)Sc2ccc(N)cc2)c2cc3nc(cc4[nH]c(cc4C)cc4[nH]c(cc1n2)cc4C)C(C)=C3CCC(=O)Sc1ccc(N)cc1. The van der Waals surface area contributed by atoms with Crippen molar-refractivity contribution in [1.29, 1.82) is 0 Å². The smallest absolute Gasteiger partial charge is 0.194 e. The highest BCUT2D eigenvalue weighted by Gasteiger charge is 2.23. The standard InChI is InChI=1S/C42H40N6O2S2/c1-23-17-30-20-37-25(3)33(13-15-41(49)51-31-9-5-27(43)6-10-31)39(47-37)22-40-34(14-16-42(50)52-32-11-7-28(44)8-12-32)26(4)38(48-40)21-36-24(2)18-29(46-36)19-35(23)45-30/h5-12,17-22,45-46H,13-16,43-44H2,1-4H3. The van der Waals surface area contributed by atoms with Gasteiger partial charge in [0.2, 0.25) is 0 Å². The molecule has 0 radical (unpaired) electrons. The van der Waals surface area contributed by atoms with E-state index in [1.165, 1.54) is 23.5 Å². The number of thioether (sulfide) groups is 2. The number of hydrogen-bond donors (Lipinski definition) is 4. The Morgan fingerprint density at radius 3 is 1.46 bits per heavy atom. The molecule has 6 N–H and O–H groups in total. The number of nitrogens with one attached hydrogen (secondary N) is 2. The maximum atomic E-state index is 13.2. The summed E-state index contributed by atoms with van der Waals surface area (Å²) >= 11 is 2.45. The number of nitrogen functional groups attached to an aromatic ring is 2. The monoisotopic (exact) mass is 724 g/mol. The molecule has 8 nitrogen and oxygen atoms in total. The molecule has 0 spiro atoms. The first kappa shape index (κ1) is 35.1. The van der Waals surface area contributed by atoms with Crippen LogP contribution >= 0.6 is 23.5 Å². The fraction of sp³-hybridized carbons (Fsp3) is 0.190. The lowest BCUT2D eigenvalue weighted by Crippen LogP contribution is -1.95. The normalized spacial score (nSPS) is 12.8. The van der Waals surface area contributed by atoms with E-state index in [0.29, 0.717) is 37.1 Å². The summed E-state index contributed by atoms with van der Waals surface area (Å²) < 4.78 is 0. The van der Waals surface area contributed by atoms with Crippen molar-refractivity contribution in [1.82, 2.24) is 19.9 Å². The maximum Gasteiger partial charge on any atom is 0.194 e. The molecule has 0 saturated heterocycles. The van der Waals surface area contributed by atoms with E-state index in [4.69, 9.17) is 21.4 Å². The van der Waals surface area contributed by atoms with Gasteiger partial charge in [-0.05, 0) is 159 Å². The number of hydrogen-bond acceptors (Lipinski definition) is 8. The van der Waals surface area contributed by atoms with E-state index in [0.717, 1.165) is 88.1 Å². The number of benzene rings is 2. The Labute approximate surface area is 311 Å². The molecule has 52 heavy (non-hydrogen) atoms. The van der Waals surface area contributed by atoms with Gasteiger partial charge in [-0.25, -0.2) is 9.97 Å². The number of carbonyl (C=O) groups excluding carboxylic acids is 2. The second kappa shape index (κ2) is 14.7. The first-order valence-electron chi connectivity index (χ1n) is 17.2. The summed E-state index contributed by atoms with van der Waals surface area (Å²) in [5.74, 6) is 0. The predicted molar refractivity (Wildman–Crippen MR) is 217 cm³/mol. The van der Waals surface area contributed by atoms with Gasteiger partial charge in [0.15, 0.2) is 10.2 Å². The van der Waals surface area contributed by atoms with Crippen molar-refractivity contribution in [2.75, 3.05) is 11.5 Å². The molecule has 10 heteroatoms. The van der Waals surface area contributed by atoms with Gasteiger partial charge in [-0.15, -0.1) is 0 Å². The molecule has 0 aliphatic carbocycles. The summed E-state index contributed by atoms with van der Waals surface area (Å²) in [5, 5.41) is 0.135. The van der Waals surface area contributed by atoms with Crippen LogP contribution in [0.25, 0.3) is 44.4 Å². The molecule has 8 bridgehead atoms. The van der Waals surface area contributed by atoms with Crippen LogP contribution in [0.4, 0.5) is 11.4 Å². The number of rotatable bonds is 8. The van der Waals surface area contributed by atoms with E-state index in [1.807, 2.05) is 30.3 Å². The lowest BCUT2D eigenvalue weighted by atomic mass is 9.98. The van der Waals surface area contributed by atoms with Crippen LogP contribution in [-0.4, -0.2) is 30.2 Å². The number of aromatic amines is 2. The van der Waals surface area contributed by atoms with E-state index >= 15 is 0 Å². The topological polar surface area (TPSA) is 144 Å². The van der Waals surface area contributed by atoms with Crippen LogP contribution in [0, 0.1) is 13.8 Å². The fourth-order valence-corrected chi connectivity index (χ4v) is 8.00. The lowest BCUT2D eigenvalue weighted by molar-refractivity contribution is -0.111. The van der Waals surface area contributed by atoms with Gasteiger partial charge in [-0.1, -0.05) is 23.5 Å².